The molecule has 248 valence electrons. The minimum Gasteiger partial charge on any atom is -0.465 e. The topological polar surface area (TPSA) is 38.3 Å². The number of carbonyl (C=O) groups is 1. The van der Waals surface area contributed by atoms with Gasteiger partial charge < -0.3 is 10.1 Å². The molecular weight excluding hydrogens is 583 g/mol. The quantitative estimate of drug-likeness (QED) is 0.252. The minimum absolute atomic E-state index is 0.0721. The number of benzene rings is 1. The molecule has 5 aliphatic rings. The van der Waals surface area contributed by atoms with E-state index in [1.807, 2.05) is 23.5 Å². The van der Waals surface area contributed by atoms with E-state index in [-0.39, 0.29) is 22.3 Å². The Balaban J connectivity index is 1.20. The predicted octanol–water partition coefficient (Wildman–Crippen LogP) is 10.7. The van der Waals surface area contributed by atoms with Gasteiger partial charge in [-0.25, -0.2) is 4.79 Å². The Morgan fingerprint density at radius 2 is 1.70 bits per heavy atom. The van der Waals surface area contributed by atoms with Gasteiger partial charge in [0.15, 0.2) is 0 Å². The van der Waals surface area contributed by atoms with Crippen LogP contribution in [-0.4, -0.2) is 18.6 Å². The molecule has 2 aromatic rings. The maximum absolute atomic E-state index is 12.1. The molecule has 3 nitrogen and oxygen atoms in total. The highest BCUT2D eigenvalue weighted by Crippen LogP contribution is 2.76. The average Bonchev–Trinajstić information content (AvgIpc) is 3.69. The summed E-state index contributed by atoms with van der Waals surface area (Å²) in [4.78, 5) is 12.1. The van der Waals surface area contributed by atoms with E-state index in [4.69, 9.17) is 4.74 Å². The number of ether oxygens (including phenoxy) is 1. The SMILES string of the molecule is C=C(C)[C@@H]1CC[C@]2(NCc3ccsc3)CC[C@]3(C)[C@H](CC[C@@H]4[C@@]5(C)CC=C(c6ccc(C(=O)OC)cc6)C(C)(C)[C@@H]5CC[C@]43C)[C@@H]12. The second kappa shape index (κ2) is 11.2. The smallest absolute Gasteiger partial charge is 0.337 e. The average molecular weight is 640 g/mol. The zero-order chi connectivity index (χ0) is 32.7. The van der Waals surface area contributed by atoms with Crippen LogP contribution in [0.4, 0.5) is 0 Å². The Bertz CT molecular complexity index is 1520. The third-order valence-electron chi connectivity index (χ3n) is 15.5. The van der Waals surface area contributed by atoms with E-state index in [2.05, 4.69) is 88.5 Å². The summed E-state index contributed by atoms with van der Waals surface area (Å²) in [6, 6.07) is 10.5. The first-order chi connectivity index (χ1) is 21.8. The second-order valence-corrected chi connectivity index (χ2v) is 18.2. The Hall–Kier alpha value is -2.17. The standard InChI is InChI=1S/C42H57NO2S/c1-27(2)31-15-21-42(43-25-28-18-24-46-26-28)23-22-40(6)33(36(31)42)13-14-35-39(5)19-16-32(29-9-11-30(12-10-29)37(44)45-8)38(3,4)34(39)17-20-41(35,40)7/h9-12,16,18,24,26,31,33-36,43H,1,13-15,17,19-23,25H2,2-8H3/t31-,33+,34-,35+,36+,39-,40+,41+,42-/m0/s1. The lowest BCUT2D eigenvalue weighted by molar-refractivity contribution is -0.219. The van der Waals surface area contributed by atoms with Gasteiger partial charge in [0, 0.05) is 12.1 Å². The molecular formula is C42H57NO2S. The summed E-state index contributed by atoms with van der Waals surface area (Å²) in [5.74, 6) is 3.18. The van der Waals surface area contributed by atoms with Crippen molar-refractivity contribution in [1.82, 2.24) is 5.32 Å². The van der Waals surface area contributed by atoms with E-state index in [1.165, 1.54) is 80.7 Å². The molecule has 4 saturated carbocycles. The molecule has 4 heteroatoms. The molecule has 0 saturated heterocycles. The lowest BCUT2D eigenvalue weighted by Crippen LogP contribution is -2.67. The Labute approximate surface area is 282 Å². The van der Waals surface area contributed by atoms with Gasteiger partial charge in [0.25, 0.3) is 0 Å². The van der Waals surface area contributed by atoms with Gasteiger partial charge in [0.2, 0.25) is 0 Å². The number of esters is 1. The van der Waals surface area contributed by atoms with E-state index in [1.54, 1.807) is 0 Å². The van der Waals surface area contributed by atoms with Crippen LogP contribution in [0, 0.1) is 51.2 Å². The van der Waals surface area contributed by atoms with Gasteiger partial charge in [0.05, 0.1) is 12.7 Å². The highest BCUT2D eigenvalue weighted by Gasteiger charge is 2.70. The van der Waals surface area contributed by atoms with Gasteiger partial charge >= 0.3 is 5.97 Å². The molecule has 7 rings (SSSR count). The largest absolute Gasteiger partial charge is 0.465 e. The summed E-state index contributed by atoms with van der Waals surface area (Å²) in [5.41, 5.74) is 7.49. The maximum Gasteiger partial charge on any atom is 0.337 e. The van der Waals surface area contributed by atoms with Crippen LogP contribution in [0.25, 0.3) is 5.57 Å². The molecule has 0 bridgehead atoms. The van der Waals surface area contributed by atoms with Gasteiger partial charge in [0.1, 0.15) is 0 Å². The first kappa shape index (κ1) is 32.4. The van der Waals surface area contributed by atoms with Crippen molar-refractivity contribution in [1.29, 1.82) is 0 Å². The molecule has 0 spiro atoms. The van der Waals surface area contributed by atoms with Crippen LogP contribution in [0.15, 0.2) is 59.3 Å². The van der Waals surface area contributed by atoms with Gasteiger partial charge in [-0.2, -0.15) is 11.3 Å². The van der Waals surface area contributed by atoms with Crippen molar-refractivity contribution in [2.75, 3.05) is 7.11 Å². The summed E-state index contributed by atoms with van der Waals surface area (Å²) in [6.45, 7) is 21.1. The van der Waals surface area contributed by atoms with E-state index in [0.29, 0.717) is 34.1 Å². The molecule has 0 unspecified atom stereocenters. The predicted molar refractivity (Wildman–Crippen MR) is 192 cm³/mol. The summed E-state index contributed by atoms with van der Waals surface area (Å²) < 4.78 is 4.96. The zero-order valence-electron chi connectivity index (χ0n) is 29.5. The van der Waals surface area contributed by atoms with Crippen molar-refractivity contribution in [3.63, 3.8) is 0 Å². The number of thiophene rings is 1. The molecule has 9 atom stereocenters. The number of methoxy groups -OCH3 is 1. The van der Waals surface area contributed by atoms with Crippen LogP contribution < -0.4 is 5.32 Å². The van der Waals surface area contributed by atoms with Crippen LogP contribution in [0.1, 0.15) is 121 Å². The van der Waals surface area contributed by atoms with Gasteiger partial charge in [-0.3, -0.25) is 0 Å². The summed E-state index contributed by atoms with van der Waals surface area (Å²) in [7, 11) is 1.45. The number of nitrogens with one attached hydrogen (secondary N) is 1. The highest BCUT2D eigenvalue weighted by molar-refractivity contribution is 7.07. The van der Waals surface area contributed by atoms with Crippen LogP contribution >= 0.6 is 11.3 Å². The number of hydrogen-bond donors (Lipinski definition) is 1. The molecule has 0 amide bonds. The molecule has 4 fully saturated rings. The normalized spacial score (nSPS) is 40.9. The molecule has 0 aliphatic heterocycles. The Morgan fingerprint density at radius 3 is 2.37 bits per heavy atom. The van der Waals surface area contributed by atoms with E-state index in [0.717, 1.165) is 24.8 Å². The number of fused-ring (bicyclic) bond motifs is 7. The summed E-state index contributed by atoms with van der Waals surface area (Å²) >= 11 is 1.82. The highest BCUT2D eigenvalue weighted by atomic mass is 32.1. The molecule has 46 heavy (non-hydrogen) atoms. The van der Waals surface area contributed by atoms with Crippen LogP contribution in [0.5, 0.6) is 0 Å². The first-order valence-corrected chi connectivity index (χ1v) is 19.1. The molecule has 1 N–H and O–H groups in total. The van der Waals surface area contributed by atoms with Crippen LogP contribution in [0.2, 0.25) is 0 Å². The molecule has 1 aromatic heterocycles. The third kappa shape index (κ3) is 4.55. The number of hydrogen-bond acceptors (Lipinski definition) is 4. The number of allylic oxidation sites excluding steroid dienone is 3. The van der Waals surface area contributed by atoms with Crippen molar-refractivity contribution in [3.8, 4) is 0 Å². The maximum atomic E-state index is 12.1. The minimum atomic E-state index is -0.267. The lowest BCUT2D eigenvalue weighted by Gasteiger charge is -2.72. The van der Waals surface area contributed by atoms with Crippen molar-refractivity contribution >= 4 is 22.9 Å². The molecule has 1 aromatic carbocycles. The monoisotopic (exact) mass is 639 g/mol. The fourth-order valence-corrected chi connectivity index (χ4v) is 13.8. The van der Waals surface area contributed by atoms with Crippen molar-refractivity contribution in [2.45, 2.75) is 111 Å². The molecule has 0 radical (unpaired) electrons. The van der Waals surface area contributed by atoms with Crippen LogP contribution in [-0.2, 0) is 11.3 Å². The van der Waals surface area contributed by atoms with Crippen molar-refractivity contribution < 1.29 is 9.53 Å². The first-order valence-electron chi connectivity index (χ1n) is 18.1. The number of rotatable bonds is 6. The van der Waals surface area contributed by atoms with E-state index >= 15 is 0 Å². The zero-order valence-corrected chi connectivity index (χ0v) is 30.3. The van der Waals surface area contributed by atoms with E-state index in [9.17, 15) is 4.79 Å². The molecule has 1 heterocycles. The number of carbonyl (C=O) groups excluding carboxylic acids is 1. The van der Waals surface area contributed by atoms with Crippen molar-refractivity contribution in [3.05, 3.63) is 76.0 Å². The van der Waals surface area contributed by atoms with Gasteiger partial charge in [-0.15, -0.1) is 0 Å². The molecule has 5 aliphatic carbocycles. The fraction of sp³-hybridized carbons (Fsp3) is 0.643. The lowest BCUT2D eigenvalue weighted by atomic mass is 9.33. The summed E-state index contributed by atoms with van der Waals surface area (Å²) in [5, 5.41) is 8.79. The second-order valence-electron chi connectivity index (χ2n) is 17.4. The van der Waals surface area contributed by atoms with E-state index < -0.39 is 0 Å². The van der Waals surface area contributed by atoms with Gasteiger partial charge in [-0.1, -0.05) is 65.0 Å². The fourth-order valence-electron chi connectivity index (χ4n) is 13.1. The summed E-state index contributed by atoms with van der Waals surface area (Å²) in [6.07, 6.45) is 14.3. The third-order valence-corrected chi connectivity index (χ3v) is 16.2. The Kier molecular flexibility index (Phi) is 7.88. The van der Waals surface area contributed by atoms with Gasteiger partial charge in [-0.05, 0) is 162 Å². The van der Waals surface area contributed by atoms with Crippen molar-refractivity contribution in [2.24, 2.45) is 51.2 Å². The Morgan fingerprint density at radius 1 is 0.935 bits per heavy atom. The van der Waals surface area contributed by atoms with Crippen LogP contribution in [0.3, 0.4) is 0 Å².